The van der Waals surface area contributed by atoms with Crippen LogP contribution >= 0.6 is 0 Å². The van der Waals surface area contributed by atoms with Gasteiger partial charge in [-0.15, -0.1) is 0 Å². The number of hydrogen-bond donors (Lipinski definition) is 1. The Bertz CT molecular complexity index is 736. The lowest BCUT2D eigenvalue weighted by Gasteiger charge is -2.14. The first-order valence-corrected chi connectivity index (χ1v) is 8.66. The molecule has 0 fully saturated rings. The van der Waals surface area contributed by atoms with Gasteiger partial charge >= 0.3 is 5.97 Å². The average molecular weight is 355 g/mol. The van der Waals surface area contributed by atoms with Gasteiger partial charge in [-0.3, -0.25) is 4.79 Å². The molecule has 1 amide bonds. The van der Waals surface area contributed by atoms with Crippen molar-refractivity contribution in [3.8, 4) is 5.75 Å². The van der Waals surface area contributed by atoms with E-state index in [1.807, 2.05) is 45.0 Å². The summed E-state index contributed by atoms with van der Waals surface area (Å²) >= 11 is 0. The molecule has 0 spiro atoms. The number of nitrogens with one attached hydrogen (secondary N) is 1. The van der Waals surface area contributed by atoms with Crippen molar-refractivity contribution >= 4 is 11.9 Å². The molecule has 0 saturated carbocycles. The second-order valence-electron chi connectivity index (χ2n) is 6.44. The highest BCUT2D eigenvalue weighted by molar-refractivity contribution is 5.92. The number of hydrogen-bond acceptors (Lipinski definition) is 4. The predicted molar refractivity (Wildman–Crippen MR) is 100 cm³/mol. The van der Waals surface area contributed by atoms with Gasteiger partial charge in [-0.2, -0.15) is 0 Å². The molecular formula is C21H25NO4. The molecule has 2 rings (SSSR count). The van der Waals surface area contributed by atoms with Crippen molar-refractivity contribution in [2.45, 2.75) is 46.4 Å². The maximum atomic E-state index is 12.2. The Morgan fingerprint density at radius 2 is 1.58 bits per heavy atom. The molecule has 0 bridgehead atoms. The van der Waals surface area contributed by atoms with E-state index >= 15 is 0 Å². The Morgan fingerprint density at radius 1 is 0.962 bits per heavy atom. The predicted octanol–water partition coefficient (Wildman–Crippen LogP) is 3.64. The van der Waals surface area contributed by atoms with Crippen LogP contribution in [0, 0.1) is 6.92 Å². The van der Waals surface area contributed by atoms with E-state index in [-0.39, 0.29) is 12.0 Å². The average Bonchev–Trinajstić information content (AvgIpc) is 2.61. The van der Waals surface area contributed by atoms with E-state index in [0.717, 1.165) is 11.1 Å². The summed E-state index contributed by atoms with van der Waals surface area (Å²) in [6.45, 7) is 7.81. The summed E-state index contributed by atoms with van der Waals surface area (Å²) in [4.78, 5) is 24.3. The van der Waals surface area contributed by atoms with Crippen molar-refractivity contribution in [2.24, 2.45) is 0 Å². The van der Waals surface area contributed by atoms with Crippen molar-refractivity contribution < 1.29 is 19.1 Å². The van der Waals surface area contributed by atoms with Crippen LogP contribution in [-0.2, 0) is 16.1 Å². The second-order valence-corrected chi connectivity index (χ2v) is 6.44. The minimum atomic E-state index is -0.875. The third-order valence-electron chi connectivity index (χ3n) is 3.70. The van der Waals surface area contributed by atoms with Crippen molar-refractivity contribution in [1.29, 1.82) is 0 Å². The third kappa shape index (κ3) is 5.92. The molecule has 2 aromatic rings. The molecule has 0 aliphatic rings. The topological polar surface area (TPSA) is 64.6 Å². The van der Waals surface area contributed by atoms with Crippen LogP contribution in [0.1, 0.15) is 42.3 Å². The van der Waals surface area contributed by atoms with E-state index in [2.05, 4.69) is 5.32 Å². The summed E-state index contributed by atoms with van der Waals surface area (Å²) in [5.74, 6) is -0.196. The van der Waals surface area contributed by atoms with Crippen molar-refractivity contribution in [1.82, 2.24) is 5.32 Å². The first-order valence-electron chi connectivity index (χ1n) is 8.66. The molecule has 5 heteroatoms. The van der Waals surface area contributed by atoms with Gasteiger partial charge in [0.25, 0.3) is 5.91 Å². The standard InChI is InChI=1S/C21H25NO4/c1-14(2)25-19-11-9-18(10-12-19)21(24)26-16(4)20(23)22-13-17-7-5-15(3)6-8-17/h5-12,14,16H,13H2,1-4H3,(H,22,23)/t16-/m0/s1. The van der Waals surface area contributed by atoms with Crippen LogP contribution in [0.2, 0.25) is 0 Å². The molecule has 0 radical (unpaired) electrons. The van der Waals surface area contributed by atoms with Gasteiger partial charge in [-0.1, -0.05) is 29.8 Å². The van der Waals surface area contributed by atoms with Crippen LogP contribution in [0.25, 0.3) is 0 Å². The minimum absolute atomic E-state index is 0.0602. The van der Waals surface area contributed by atoms with E-state index in [9.17, 15) is 9.59 Å². The fourth-order valence-corrected chi connectivity index (χ4v) is 2.26. The van der Waals surface area contributed by atoms with E-state index in [0.29, 0.717) is 17.9 Å². The van der Waals surface area contributed by atoms with E-state index in [1.54, 1.807) is 31.2 Å². The zero-order chi connectivity index (χ0) is 19.1. The van der Waals surface area contributed by atoms with Gasteiger partial charge in [-0.05, 0) is 57.5 Å². The normalized spacial score (nSPS) is 11.7. The molecule has 5 nitrogen and oxygen atoms in total. The monoisotopic (exact) mass is 355 g/mol. The fourth-order valence-electron chi connectivity index (χ4n) is 2.26. The van der Waals surface area contributed by atoms with Gasteiger partial charge in [0.05, 0.1) is 11.7 Å². The number of esters is 1. The smallest absolute Gasteiger partial charge is 0.338 e. The summed E-state index contributed by atoms with van der Waals surface area (Å²) in [6.07, 6.45) is -0.815. The van der Waals surface area contributed by atoms with Gasteiger partial charge in [0, 0.05) is 6.54 Å². The first-order chi connectivity index (χ1) is 12.3. The molecule has 0 unspecified atom stereocenters. The Balaban J connectivity index is 1.85. The number of benzene rings is 2. The largest absolute Gasteiger partial charge is 0.491 e. The van der Waals surface area contributed by atoms with Crippen molar-refractivity contribution in [3.63, 3.8) is 0 Å². The quantitative estimate of drug-likeness (QED) is 0.770. The van der Waals surface area contributed by atoms with Crippen LogP contribution in [0.5, 0.6) is 5.75 Å². The van der Waals surface area contributed by atoms with Crippen LogP contribution in [0.4, 0.5) is 0 Å². The van der Waals surface area contributed by atoms with Gasteiger partial charge in [0.15, 0.2) is 6.10 Å². The number of carbonyl (C=O) groups is 2. The molecule has 138 valence electrons. The minimum Gasteiger partial charge on any atom is -0.491 e. The number of carbonyl (C=O) groups excluding carboxylic acids is 2. The second kappa shape index (κ2) is 9.04. The van der Waals surface area contributed by atoms with Crippen LogP contribution in [0.15, 0.2) is 48.5 Å². The third-order valence-corrected chi connectivity index (χ3v) is 3.70. The summed E-state index contributed by atoms with van der Waals surface area (Å²) < 4.78 is 10.8. The number of rotatable bonds is 7. The SMILES string of the molecule is Cc1ccc(CNC(=O)[C@H](C)OC(=O)c2ccc(OC(C)C)cc2)cc1. The number of aryl methyl sites for hydroxylation is 1. The van der Waals surface area contributed by atoms with Crippen LogP contribution in [0.3, 0.4) is 0 Å². The Kier molecular flexibility index (Phi) is 6.78. The van der Waals surface area contributed by atoms with Crippen molar-refractivity contribution in [2.75, 3.05) is 0 Å². The van der Waals surface area contributed by atoms with Gasteiger partial charge in [0.2, 0.25) is 0 Å². The van der Waals surface area contributed by atoms with Crippen molar-refractivity contribution in [3.05, 3.63) is 65.2 Å². The van der Waals surface area contributed by atoms with Gasteiger partial charge < -0.3 is 14.8 Å². The van der Waals surface area contributed by atoms with Gasteiger partial charge in [-0.25, -0.2) is 4.79 Å². The van der Waals surface area contributed by atoms with E-state index < -0.39 is 12.1 Å². The number of ether oxygens (including phenoxy) is 2. The van der Waals surface area contributed by atoms with Crippen LogP contribution < -0.4 is 10.1 Å². The highest BCUT2D eigenvalue weighted by Crippen LogP contribution is 2.15. The van der Waals surface area contributed by atoms with Gasteiger partial charge in [0.1, 0.15) is 5.75 Å². The first kappa shape index (κ1) is 19.5. The Morgan fingerprint density at radius 3 is 2.15 bits per heavy atom. The highest BCUT2D eigenvalue weighted by atomic mass is 16.5. The zero-order valence-corrected chi connectivity index (χ0v) is 15.6. The summed E-state index contributed by atoms with van der Waals surface area (Å²) in [6, 6.07) is 14.5. The summed E-state index contributed by atoms with van der Waals surface area (Å²) in [7, 11) is 0. The molecule has 0 saturated heterocycles. The molecule has 2 aromatic carbocycles. The summed E-state index contributed by atoms with van der Waals surface area (Å²) in [5, 5.41) is 2.77. The lowest BCUT2D eigenvalue weighted by atomic mass is 10.1. The molecule has 0 aliphatic carbocycles. The molecule has 1 atom stereocenters. The lowest BCUT2D eigenvalue weighted by Crippen LogP contribution is -2.35. The van der Waals surface area contributed by atoms with Crippen LogP contribution in [-0.4, -0.2) is 24.1 Å². The fraction of sp³-hybridized carbons (Fsp3) is 0.333. The molecule has 26 heavy (non-hydrogen) atoms. The highest BCUT2D eigenvalue weighted by Gasteiger charge is 2.18. The van der Waals surface area contributed by atoms with E-state index in [1.165, 1.54) is 0 Å². The molecule has 0 heterocycles. The lowest BCUT2D eigenvalue weighted by molar-refractivity contribution is -0.129. The zero-order valence-electron chi connectivity index (χ0n) is 15.6. The molecule has 0 aromatic heterocycles. The number of amides is 1. The summed E-state index contributed by atoms with van der Waals surface area (Å²) in [5.41, 5.74) is 2.52. The molecule has 0 aliphatic heterocycles. The Hall–Kier alpha value is -2.82. The Labute approximate surface area is 154 Å². The molecule has 1 N–H and O–H groups in total. The molecular weight excluding hydrogens is 330 g/mol. The maximum absolute atomic E-state index is 12.2. The maximum Gasteiger partial charge on any atom is 0.338 e. The van der Waals surface area contributed by atoms with E-state index in [4.69, 9.17) is 9.47 Å².